The molecule has 0 saturated carbocycles. The Hall–Kier alpha value is -1.14. The Bertz CT molecular complexity index is 298. The van der Waals surface area contributed by atoms with Gasteiger partial charge >= 0.3 is 0 Å². The highest BCUT2D eigenvalue weighted by Crippen LogP contribution is 2.12. The van der Waals surface area contributed by atoms with E-state index in [2.05, 4.69) is 5.32 Å². The maximum Gasteiger partial charge on any atom is 0.253 e. The van der Waals surface area contributed by atoms with Gasteiger partial charge in [-0.3, -0.25) is 9.59 Å². The molecule has 0 bridgehead atoms. The fourth-order valence-electron chi connectivity index (χ4n) is 2.27. The smallest absolute Gasteiger partial charge is 0.253 e. The molecule has 110 valence electrons. The molecule has 1 unspecified atom stereocenters. The number of carbonyl (C=O) groups excluding carboxylic acids is 2. The molecule has 1 heterocycles. The molecule has 0 aromatic rings. The topological polar surface area (TPSA) is 84.7 Å². The highest BCUT2D eigenvalue weighted by molar-refractivity contribution is 5.81. The summed E-state index contributed by atoms with van der Waals surface area (Å²) in [6.45, 7) is 3.48. The van der Waals surface area contributed by atoms with E-state index in [-0.39, 0.29) is 24.4 Å². The Morgan fingerprint density at radius 1 is 1.42 bits per heavy atom. The van der Waals surface area contributed by atoms with Crippen LogP contribution in [-0.4, -0.2) is 55.6 Å². The lowest BCUT2D eigenvalue weighted by Gasteiger charge is -2.34. The van der Waals surface area contributed by atoms with Crippen molar-refractivity contribution in [2.75, 3.05) is 26.7 Å². The lowest BCUT2D eigenvalue weighted by Crippen LogP contribution is -2.50. The highest BCUT2D eigenvalue weighted by atomic mass is 16.5. The number of nitrogens with two attached hydrogens (primary N) is 1. The maximum absolute atomic E-state index is 12.0. The molecule has 0 aromatic carbocycles. The van der Waals surface area contributed by atoms with Crippen molar-refractivity contribution in [3.05, 3.63) is 0 Å². The molecule has 1 aliphatic heterocycles. The van der Waals surface area contributed by atoms with Gasteiger partial charge in [0.2, 0.25) is 5.91 Å². The Labute approximate surface area is 114 Å². The normalized spacial score (nSPS) is 18.2. The predicted octanol–water partition coefficient (Wildman–Crippen LogP) is -0.133. The van der Waals surface area contributed by atoms with E-state index in [1.54, 1.807) is 4.90 Å². The summed E-state index contributed by atoms with van der Waals surface area (Å²) in [7, 11) is 1.49. The van der Waals surface area contributed by atoms with Crippen molar-refractivity contribution in [3.63, 3.8) is 0 Å². The molecule has 0 aliphatic carbocycles. The van der Waals surface area contributed by atoms with E-state index >= 15 is 0 Å². The number of methoxy groups -OCH3 is 1. The first-order chi connectivity index (χ1) is 9.12. The first-order valence-corrected chi connectivity index (χ1v) is 6.93. The number of nitrogens with zero attached hydrogens (tertiary/aromatic N) is 1. The number of hydrogen-bond acceptors (Lipinski definition) is 4. The molecule has 1 rings (SSSR count). The number of amides is 2. The third kappa shape index (κ3) is 4.80. The van der Waals surface area contributed by atoms with Crippen molar-refractivity contribution in [2.24, 2.45) is 5.73 Å². The minimum absolute atomic E-state index is 0.0525. The molecule has 1 atom stereocenters. The van der Waals surface area contributed by atoms with Gasteiger partial charge in [0.1, 0.15) is 6.10 Å². The van der Waals surface area contributed by atoms with Gasteiger partial charge in [0, 0.05) is 39.2 Å². The molecule has 1 saturated heterocycles. The molecule has 1 fully saturated rings. The highest BCUT2D eigenvalue weighted by Gasteiger charge is 2.27. The SMILES string of the molecule is CCCC(=O)NC1CCN(C(=O)C(CN)OC)CC1. The minimum atomic E-state index is -0.550. The van der Waals surface area contributed by atoms with Gasteiger partial charge in [-0.25, -0.2) is 0 Å². The zero-order chi connectivity index (χ0) is 14.3. The zero-order valence-corrected chi connectivity index (χ0v) is 11.9. The van der Waals surface area contributed by atoms with Crippen molar-refractivity contribution in [2.45, 2.75) is 44.8 Å². The van der Waals surface area contributed by atoms with E-state index in [4.69, 9.17) is 10.5 Å². The van der Waals surface area contributed by atoms with Gasteiger partial charge < -0.3 is 20.7 Å². The average Bonchev–Trinajstić information content (AvgIpc) is 2.41. The number of likely N-dealkylation sites (tertiary alicyclic amines) is 1. The molecule has 6 heteroatoms. The van der Waals surface area contributed by atoms with Crippen molar-refractivity contribution >= 4 is 11.8 Å². The van der Waals surface area contributed by atoms with Crippen molar-refractivity contribution in [1.29, 1.82) is 0 Å². The van der Waals surface area contributed by atoms with Gasteiger partial charge in [-0.1, -0.05) is 6.92 Å². The fraction of sp³-hybridized carbons (Fsp3) is 0.846. The molecule has 6 nitrogen and oxygen atoms in total. The Morgan fingerprint density at radius 2 is 2.05 bits per heavy atom. The summed E-state index contributed by atoms with van der Waals surface area (Å²) in [6.07, 6.45) is 2.46. The zero-order valence-electron chi connectivity index (χ0n) is 11.9. The third-order valence-electron chi connectivity index (χ3n) is 3.42. The molecule has 1 aliphatic rings. The Balaban J connectivity index is 2.36. The van der Waals surface area contributed by atoms with Crippen LogP contribution in [0.25, 0.3) is 0 Å². The number of carbonyl (C=O) groups is 2. The fourth-order valence-corrected chi connectivity index (χ4v) is 2.27. The van der Waals surface area contributed by atoms with Crippen LogP contribution in [0.3, 0.4) is 0 Å². The average molecular weight is 271 g/mol. The third-order valence-corrected chi connectivity index (χ3v) is 3.42. The van der Waals surface area contributed by atoms with Crippen LogP contribution >= 0.6 is 0 Å². The lowest BCUT2D eigenvalue weighted by atomic mass is 10.0. The van der Waals surface area contributed by atoms with Gasteiger partial charge in [-0.15, -0.1) is 0 Å². The van der Waals surface area contributed by atoms with E-state index in [0.29, 0.717) is 19.5 Å². The van der Waals surface area contributed by atoms with Gasteiger partial charge in [-0.2, -0.15) is 0 Å². The Morgan fingerprint density at radius 3 is 2.53 bits per heavy atom. The number of piperidine rings is 1. The van der Waals surface area contributed by atoms with Gasteiger partial charge in [0.15, 0.2) is 0 Å². The van der Waals surface area contributed by atoms with E-state index < -0.39 is 6.10 Å². The van der Waals surface area contributed by atoms with Crippen molar-refractivity contribution in [1.82, 2.24) is 10.2 Å². The van der Waals surface area contributed by atoms with Crippen molar-refractivity contribution < 1.29 is 14.3 Å². The predicted molar refractivity (Wildman–Crippen MR) is 72.5 cm³/mol. The van der Waals surface area contributed by atoms with Gasteiger partial charge in [0.25, 0.3) is 5.91 Å². The summed E-state index contributed by atoms with van der Waals surface area (Å²) in [6, 6.07) is 0.182. The van der Waals surface area contributed by atoms with E-state index in [0.717, 1.165) is 19.3 Å². The summed E-state index contributed by atoms with van der Waals surface area (Å²) in [4.78, 5) is 25.3. The number of nitrogens with one attached hydrogen (secondary N) is 1. The standard InChI is InChI=1S/C13H25N3O3/c1-3-4-12(17)15-10-5-7-16(8-6-10)13(18)11(9-14)19-2/h10-11H,3-9,14H2,1-2H3,(H,15,17). The molecule has 0 radical (unpaired) electrons. The second-order valence-electron chi connectivity index (χ2n) is 4.88. The summed E-state index contributed by atoms with van der Waals surface area (Å²) in [5.41, 5.74) is 5.49. The van der Waals surface area contributed by atoms with Crippen LogP contribution in [0.15, 0.2) is 0 Å². The van der Waals surface area contributed by atoms with E-state index in [1.807, 2.05) is 6.92 Å². The van der Waals surface area contributed by atoms with Crippen LogP contribution in [0.4, 0.5) is 0 Å². The van der Waals surface area contributed by atoms with Gasteiger partial charge in [-0.05, 0) is 19.3 Å². The van der Waals surface area contributed by atoms with E-state index in [1.165, 1.54) is 7.11 Å². The van der Waals surface area contributed by atoms with Crippen LogP contribution in [0.5, 0.6) is 0 Å². The summed E-state index contributed by atoms with van der Waals surface area (Å²) in [5, 5.41) is 3.00. The molecular weight excluding hydrogens is 246 g/mol. The largest absolute Gasteiger partial charge is 0.370 e. The summed E-state index contributed by atoms with van der Waals surface area (Å²) >= 11 is 0. The molecule has 0 aromatic heterocycles. The molecule has 0 spiro atoms. The summed E-state index contributed by atoms with van der Waals surface area (Å²) < 4.78 is 5.05. The van der Waals surface area contributed by atoms with Gasteiger partial charge in [0.05, 0.1) is 0 Å². The monoisotopic (exact) mass is 271 g/mol. The minimum Gasteiger partial charge on any atom is -0.370 e. The van der Waals surface area contributed by atoms with Crippen LogP contribution in [0, 0.1) is 0 Å². The summed E-state index contributed by atoms with van der Waals surface area (Å²) in [5.74, 6) is 0.0485. The Kier molecular flexibility index (Phi) is 6.80. The number of hydrogen-bond donors (Lipinski definition) is 2. The van der Waals surface area contributed by atoms with E-state index in [9.17, 15) is 9.59 Å². The maximum atomic E-state index is 12.0. The lowest BCUT2D eigenvalue weighted by molar-refractivity contribution is -0.142. The second-order valence-corrected chi connectivity index (χ2v) is 4.88. The molecule has 19 heavy (non-hydrogen) atoms. The quantitative estimate of drug-likeness (QED) is 0.704. The van der Waals surface area contributed by atoms with Crippen molar-refractivity contribution in [3.8, 4) is 0 Å². The number of rotatable bonds is 6. The second kappa shape index (κ2) is 8.12. The van der Waals surface area contributed by atoms with Crippen LogP contribution in [0.1, 0.15) is 32.6 Å². The first-order valence-electron chi connectivity index (χ1n) is 6.93. The molecule has 2 amide bonds. The molecular formula is C13H25N3O3. The van der Waals surface area contributed by atoms with Crippen LogP contribution < -0.4 is 11.1 Å². The molecule has 3 N–H and O–H groups in total. The van der Waals surface area contributed by atoms with Crippen LogP contribution in [0.2, 0.25) is 0 Å². The van der Waals surface area contributed by atoms with Crippen LogP contribution in [-0.2, 0) is 14.3 Å². The number of ether oxygens (including phenoxy) is 1. The first kappa shape index (κ1) is 15.9.